The van der Waals surface area contributed by atoms with E-state index in [0.717, 1.165) is 32.4 Å². The highest BCUT2D eigenvalue weighted by molar-refractivity contribution is 7.10. The van der Waals surface area contributed by atoms with Crippen LogP contribution in [0.25, 0.3) is 0 Å². The number of nitrogens with zero attached hydrogens (tertiary/aromatic N) is 1. The van der Waals surface area contributed by atoms with Gasteiger partial charge in [-0.25, -0.2) is 0 Å². The molecule has 24 heavy (non-hydrogen) atoms. The van der Waals surface area contributed by atoms with Gasteiger partial charge in [-0.05, 0) is 42.3 Å². The maximum Gasteiger partial charge on any atom is 0.257 e. The van der Waals surface area contributed by atoms with Crippen molar-refractivity contribution in [3.8, 4) is 11.5 Å². The number of likely N-dealkylation sites (tertiary alicyclic amines) is 1. The molecule has 2 aromatic rings. The van der Waals surface area contributed by atoms with Crippen LogP contribution in [0.15, 0.2) is 35.7 Å². The highest BCUT2D eigenvalue weighted by atomic mass is 32.1. The van der Waals surface area contributed by atoms with Crippen LogP contribution in [0.1, 0.15) is 40.4 Å². The zero-order chi connectivity index (χ0) is 16.4. The SMILES string of the molecule is O=C(c1cccc2c1OCCCO2)N1CCC(c2cccs2)CC1. The van der Waals surface area contributed by atoms with Crippen LogP contribution in [0.3, 0.4) is 0 Å². The lowest BCUT2D eigenvalue weighted by Crippen LogP contribution is -2.38. The first-order valence-electron chi connectivity index (χ1n) is 8.54. The molecule has 4 rings (SSSR count). The molecule has 1 fully saturated rings. The lowest BCUT2D eigenvalue weighted by molar-refractivity contribution is 0.0709. The number of amides is 1. The van der Waals surface area contributed by atoms with Gasteiger partial charge in [0.2, 0.25) is 0 Å². The summed E-state index contributed by atoms with van der Waals surface area (Å²) in [6.45, 7) is 2.83. The van der Waals surface area contributed by atoms with Crippen LogP contribution in [-0.2, 0) is 0 Å². The Hall–Kier alpha value is -2.01. The largest absolute Gasteiger partial charge is 0.490 e. The lowest BCUT2D eigenvalue weighted by atomic mass is 9.95. The van der Waals surface area contributed by atoms with Gasteiger partial charge in [0.1, 0.15) is 0 Å². The molecule has 0 aliphatic carbocycles. The Morgan fingerprint density at radius 3 is 2.71 bits per heavy atom. The molecule has 1 aromatic carbocycles. The van der Waals surface area contributed by atoms with E-state index in [-0.39, 0.29) is 5.91 Å². The van der Waals surface area contributed by atoms with Crippen molar-refractivity contribution in [1.29, 1.82) is 0 Å². The highest BCUT2D eigenvalue weighted by Crippen LogP contribution is 2.36. The minimum absolute atomic E-state index is 0.0574. The molecule has 126 valence electrons. The van der Waals surface area contributed by atoms with E-state index in [9.17, 15) is 4.79 Å². The second-order valence-electron chi connectivity index (χ2n) is 6.27. The number of fused-ring (bicyclic) bond motifs is 1. The molecule has 2 aliphatic rings. The topological polar surface area (TPSA) is 38.8 Å². The maximum absolute atomic E-state index is 13.0. The quantitative estimate of drug-likeness (QED) is 0.829. The number of ether oxygens (including phenoxy) is 2. The van der Waals surface area contributed by atoms with E-state index in [2.05, 4.69) is 17.5 Å². The highest BCUT2D eigenvalue weighted by Gasteiger charge is 2.28. The Morgan fingerprint density at radius 1 is 1.08 bits per heavy atom. The van der Waals surface area contributed by atoms with E-state index in [0.29, 0.717) is 36.2 Å². The van der Waals surface area contributed by atoms with Gasteiger partial charge in [0.25, 0.3) is 5.91 Å². The predicted octanol–water partition coefficient (Wildman–Crippen LogP) is 3.93. The minimum atomic E-state index is 0.0574. The van der Waals surface area contributed by atoms with E-state index in [1.54, 1.807) is 0 Å². The van der Waals surface area contributed by atoms with Crippen LogP contribution < -0.4 is 9.47 Å². The van der Waals surface area contributed by atoms with E-state index in [1.165, 1.54) is 4.88 Å². The van der Waals surface area contributed by atoms with Crippen molar-refractivity contribution in [3.05, 3.63) is 46.2 Å². The third-order valence-electron chi connectivity index (χ3n) is 4.73. The molecule has 0 bridgehead atoms. The number of hydrogen-bond donors (Lipinski definition) is 0. The fourth-order valence-electron chi connectivity index (χ4n) is 3.42. The molecule has 0 N–H and O–H groups in total. The zero-order valence-corrected chi connectivity index (χ0v) is 14.4. The van der Waals surface area contributed by atoms with Gasteiger partial charge in [-0.1, -0.05) is 12.1 Å². The zero-order valence-electron chi connectivity index (χ0n) is 13.6. The number of para-hydroxylation sites is 1. The number of thiophene rings is 1. The smallest absolute Gasteiger partial charge is 0.257 e. The summed E-state index contributed by atoms with van der Waals surface area (Å²) in [4.78, 5) is 16.4. The minimum Gasteiger partial charge on any atom is -0.490 e. The average Bonchev–Trinajstić information content (AvgIpc) is 3.06. The molecule has 0 atom stereocenters. The Balaban J connectivity index is 1.49. The Labute approximate surface area is 146 Å². The summed E-state index contributed by atoms with van der Waals surface area (Å²) in [7, 11) is 0. The molecule has 1 amide bonds. The normalized spacial score (nSPS) is 18.2. The van der Waals surface area contributed by atoms with Gasteiger partial charge >= 0.3 is 0 Å². The van der Waals surface area contributed by atoms with Gasteiger partial charge in [0.05, 0.1) is 18.8 Å². The summed E-state index contributed by atoms with van der Waals surface area (Å²) in [5.74, 6) is 1.94. The third kappa shape index (κ3) is 3.00. The van der Waals surface area contributed by atoms with Gasteiger partial charge in [-0.15, -0.1) is 11.3 Å². The predicted molar refractivity (Wildman–Crippen MR) is 94.2 cm³/mol. The van der Waals surface area contributed by atoms with Crippen molar-refractivity contribution in [2.24, 2.45) is 0 Å². The van der Waals surface area contributed by atoms with E-state index < -0.39 is 0 Å². The number of carbonyl (C=O) groups excluding carboxylic acids is 1. The van der Waals surface area contributed by atoms with Gasteiger partial charge in [-0.3, -0.25) is 4.79 Å². The van der Waals surface area contributed by atoms with Gasteiger partial charge < -0.3 is 14.4 Å². The molecule has 1 aromatic heterocycles. The fraction of sp³-hybridized carbons (Fsp3) is 0.421. The van der Waals surface area contributed by atoms with Crippen molar-refractivity contribution < 1.29 is 14.3 Å². The second-order valence-corrected chi connectivity index (χ2v) is 7.24. The first kappa shape index (κ1) is 15.5. The number of piperidine rings is 1. The van der Waals surface area contributed by atoms with Gasteiger partial charge in [0.15, 0.2) is 11.5 Å². The summed E-state index contributed by atoms with van der Waals surface area (Å²) in [6, 6.07) is 9.91. The summed E-state index contributed by atoms with van der Waals surface area (Å²) >= 11 is 1.82. The summed E-state index contributed by atoms with van der Waals surface area (Å²) in [5, 5.41) is 2.13. The molecule has 4 nitrogen and oxygen atoms in total. The van der Waals surface area contributed by atoms with Crippen LogP contribution in [0.4, 0.5) is 0 Å². The number of benzene rings is 1. The summed E-state index contributed by atoms with van der Waals surface area (Å²) in [6.07, 6.45) is 2.89. The van der Waals surface area contributed by atoms with Crippen LogP contribution in [-0.4, -0.2) is 37.1 Å². The van der Waals surface area contributed by atoms with Crippen molar-refractivity contribution in [1.82, 2.24) is 4.90 Å². The summed E-state index contributed by atoms with van der Waals surface area (Å²) in [5.41, 5.74) is 0.629. The van der Waals surface area contributed by atoms with Gasteiger partial charge in [-0.2, -0.15) is 0 Å². The van der Waals surface area contributed by atoms with E-state index in [4.69, 9.17) is 9.47 Å². The van der Waals surface area contributed by atoms with Crippen molar-refractivity contribution in [2.75, 3.05) is 26.3 Å². The first-order valence-corrected chi connectivity index (χ1v) is 9.42. The van der Waals surface area contributed by atoms with E-state index >= 15 is 0 Å². The third-order valence-corrected chi connectivity index (χ3v) is 5.76. The monoisotopic (exact) mass is 343 g/mol. The Kier molecular flexibility index (Phi) is 4.43. The molecule has 1 saturated heterocycles. The van der Waals surface area contributed by atoms with Crippen molar-refractivity contribution in [3.63, 3.8) is 0 Å². The molecule has 5 heteroatoms. The standard InChI is InChI=1S/C19H21NO3S/c21-19(15-4-1-5-16-18(15)23-12-3-11-22-16)20-9-7-14(8-10-20)17-6-2-13-24-17/h1-2,4-6,13-14H,3,7-12H2. The van der Waals surface area contributed by atoms with Gasteiger partial charge in [0, 0.05) is 24.4 Å². The van der Waals surface area contributed by atoms with Crippen LogP contribution >= 0.6 is 11.3 Å². The molecule has 0 unspecified atom stereocenters. The average molecular weight is 343 g/mol. The van der Waals surface area contributed by atoms with Crippen LogP contribution in [0.5, 0.6) is 11.5 Å². The molecule has 2 aliphatic heterocycles. The van der Waals surface area contributed by atoms with Crippen molar-refractivity contribution in [2.45, 2.75) is 25.2 Å². The number of rotatable bonds is 2. The fourth-order valence-corrected chi connectivity index (χ4v) is 4.32. The molecular weight excluding hydrogens is 322 g/mol. The number of hydrogen-bond acceptors (Lipinski definition) is 4. The van der Waals surface area contributed by atoms with Crippen molar-refractivity contribution >= 4 is 17.2 Å². The maximum atomic E-state index is 13.0. The summed E-state index contributed by atoms with van der Waals surface area (Å²) < 4.78 is 11.5. The van der Waals surface area contributed by atoms with E-state index in [1.807, 2.05) is 34.4 Å². The lowest BCUT2D eigenvalue weighted by Gasteiger charge is -2.32. The molecular formula is C19H21NO3S. The molecule has 3 heterocycles. The van der Waals surface area contributed by atoms with Crippen LogP contribution in [0, 0.1) is 0 Å². The first-order chi connectivity index (χ1) is 11.8. The Morgan fingerprint density at radius 2 is 1.92 bits per heavy atom. The molecule has 0 saturated carbocycles. The molecule has 0 spiro atoms. The number of carbonyl (C=O) groups is 1. The second kappa shape index (κ2) is 6.85. The van der Waals surface area contributed by atoms with Crippen LogP contribution in [0.2, 0.25) is 0 Å². The molecule has 0 radical (unpaired) electrons. The Bertz CT molecular complexity index is 705.